The number of hydrogen-bond donors (Lipinski definition) is 1. The van der Waals surface area contributed by atoms with E-state index in [4.69, 9.17) is 14.0 Å². The van der Waals surface area contributed by atoms with Gasteiger partial charge in [0.15, 0.2) is 0 Å². The fraction of sp³-hybridized carbons (Fsp3) is 0.667. The number of urea groups is 1. The number of likely N-dealkylation sites (tertiary alicyclic amines) is 1. The van der Waals surface area contributed by atoms with Crippen LogP contribution in [0.15, 0.2) is 18.2 Å². The topological polar surface area (TPSA) is 60.0 Å². The van der Waals surface area contributed by atoms with Crippen LogP contribution in [0.4, 0.5) is 4.79 Å². The summed E-state index contributed by atoms with van der Waals surface area (Å²) in [5.74, 6) is 0. The highest BCUT2D eigenvalue weighted by Gasteiger charge is 2.51. The molecule has 2 fully saturated rings. The van der Waals surface area contributed by atoms with Crippen molar-refractivity contribution < 1.29 is 18.8 Å². The second-order valence-electron chi connectivity index (χ2n) is 9.14. The molecule has 154 valence electrons. The van der Waals surface area contributed by atoms with Crippen LogP contribution in [-0.4, -0.2) is 54.5 Å². The summed E-state index contributed by atoms with van der Waals surface area (Å²) >= 11 is 0. The molecule has 2 saturated heterocycles. The molecular weight excluding hydrogens is 355 g/mol. The van der Waals surface area contributed by atoms with Crippen molar-refractivity contribution in [3.05, 3.63) is 29.3 Å². The highest BCUT2D eigenvalue weighted by atomic mass is 16.7. The smallest absolute Gasteiger partial charge is 0.399 e. The van der Waals surface area contributed by atoms with Crippen LogP contribution in [0.25, 0.3) is 0 Å². The molecule has 28 heavy (non-hydrogen) atoms. The highest BCUT2D eigenvalue weighted by molar-refractivity contribution is 6.62. The highest BCUT2D eigenvalue weighted by Crippen LogP contribution is 2.36. The Balaban J connectivity index is 1.54. The lowest BCUT2D eigenvalue weighted by Crippen LogP contribution is -2.58. The molecule has 0 saturated carbocycles. The molecule has 0 aliphatic carbocycles. The minimum Gasteiger partial charge on any atom is -0.399 e. The molecular formula is C21H33BN2O4. The number of nitrogens with one attached hydrogen (secondary N) is 1. The van der Waals surface area contributed by atoms with Crippen molar-refractivity contribution >= 4 is 18.6 Å². The van der Waals surface area contributed by atoms with Gasteiger partial charge in [-0.1, -0.05) is 18.2 Å². The fourth-order valence-corrected chi connectivity index (χ4v) is 3.40. The minimum atomic E-state index is -0.369. The summed E-state index contributed by atoms with van der Waals surface area (Å²) in [5, 5.41) is 3.00. The maximum Gasteiger partial charge on any atom is 0.494 e. The van der Waals surface area contributed by atoms with E-state index in [2.05, 4.69) is 39.1 Å². The fourth-order valence-electron chi connectivity index (χ4n) is 3.40. The van der Waals surface area contributed by atoms with Crippen LogP contribution in [0.1, 0.15) is 52.7 Å². The molecule has 0 spiro atoms. The van der Waals surface area contributed by atoms with E-state index in [1.807, 2.05) is 32.9 Å². The molecule has 1 aromatic rings. The molecule has 2 heterocycles. The number of carbonyl (C=O) groups is 1. The van der Waals surface area contributed by atoms with Crippen LogP contribution in [0.3, 0.4) is 0 Å². The van der Waals surface area contributed by atoms with Gasteiger partial charge in [-0.05, 0) is 65.1 Å². The number of nitrogens with zero attached hydrogens (tertiary/aromatic N) is 1. The van der Waals surface area contributed by atoms with E-state index in [0.717, 1.165) is 16.6 Å². The Morgan fingerprint density at radius 3 is 2.39 bits per heavy atom. The molecule has 2 amide bonds. The average molecular weight is 388 g/mol. The molecule has 0 bridgehead atoms. The third-order valence-electron chi connectivity index (χ3n) is 5.92. The second kappa shape index (κ2) is 7.69. The van der Waals surface area contributed by atoms with Gasteiger partial charge in [0.25, 0.3) is 0 Å². The zero-order chi connectivity index (χ0) is 20.7. The number of amides is 2. The number of benzene rings is 1. The summed E-state index contributed by atoms with van der Waals surface area (Å²) in [6.07, 6.45) is 0.354. The van der Waals surface area contributed by atoms with Gasteiger partial charge in [0, 0.05) is 6.54 Å². The van der Waals surface area contributed by atoms with Gasteiger partial charge >= 0.3 is 13.1 Å². The molecule has 3 rings (SSSR count). The predicted octanol–water partition coefficient (Wildman–Crippen LogP) is 2.61. The largest absolute Gasteiger partial charge is 0.494 e. The molecule has 1 aromatic carbocycles. The Morgan fingerprint density at radius 2 is 1.86 bits per heavy atom. The third kappa shape index (κ3) is 4.37. The van der Waals surface area contributed by atoms with Crippen LogP contribution in [0.5, 0.6) is 0 Å². The molecule has 2 aliphatic heterocycles. The first-order valence-electron chi connectivity index (χ1n) is 10.1. The van der Waals surface area contributed by atoms with Crippen molar-refractivity contribution in [1.29, 1.82) is 0 Å². The lowest BCUT2D eigenvalue weighted by Gasteiger charge is -2.39. The SMILES string of the molecule is Cc1cc(B2OC(C)(C)C(C)(C)O2)ccc1CNC(=O)N1CC(OC(C)C)C1. The van der Waals surface area contributed by atoms with E-state index in [-0.39, 0.29) is 36.6 Å². The quantitative estimate of drug-likeness (QED) is 0.788. The van der Waals surface area contributed by atoms with Crippen LogP contribution >= 0.6 is 0 Å². The lowest BCUT2D eigenvalue weighted by atomic mass is 9.78. The van der Waals surface area contributed by atoms with Gasteiger partial charge in [0.1, 0.15) is 0 Å². The number of ether oxygens (including phenoxy) is 1. The van der Waals surface area contributed by atoms with Crippen molar-refractivity contribution in [2.24, 2.45) is 0 Å². The van der Waals surface area contributed by atoms with Gasteiger partial charge in [0.05, 0.1) is 36.5 Å². The van der Waals surface area contributed by atoms with E-state index < -0.39 is 0 Å². The number of hydrogen-bond acceptors (Lipinski definition) is 4. The summed E-state index contributed by atoms with van der Waals surface area (Å²) in [7, 11) is -0.369. The molecule has 7 heteroatoms. The Kier molecular flexibility index (Phi) is 5.81. The first-order chi connectivity index (χ1) is 13.0. The maximum absolute atomic E-state index is 12.3. The number of carbonyl (C=O) groups excluding carboxylic acids is 1. The van der Waals surface area contributed by atoms with Crippen molar-refractivity contribution in [3.63, 3.8) is 0 Å². The molecule has 6 nitrogen and oxygen atoms in total. The van der Waals surface area contributed by atoms with Gasteiger partial charge in [0.2, 0.25) is 0 Å². The minimum absolute atomic E-state index is 0.0435. The monoisotopic (exact) mass is 388 g/mol. The molecule has 0 unspecified atom stereocenters. The van der Waals surface area contributed by atoms with E-state index in [1.54, 1.807) is 4.90 Å². The Bertz CT molecular complexity index is 713. The van der Waals surface area contributed by atoms with Gasteiger partial charge in [-0.25, -0.2) is 4.79 Å². The molecule has 2 aliphatic rings. The van der Waals surface area contributed by atoms with E-state index in [1.165, 1.54) is 0 Å². The summed E-state index contributed by atoms with van der Waals surface area (Å²) in [6, 6.07) is 6.10. The Hall–Kier alpha value is -1.57. The second-order valence-corrected chi connectivity index (χ2v) is 9.14. The summed E-state index contributed by atoms with van der Waals surface area (Å²) in [5.41, 5.74) is 2.49. The van der Waals surface area contributed by atoms with E-state index in [9.17, 15) is 4.79 Å². The normalized spacial score (nSPS) is 21.1. The van der Waals surface area contributed by atoms with Gasteiger partial charge in [-0.2, -0.15) is 0 Å². The third-order valence-corrected chi connectivity index (χ3v) is 5.92. The molecule has 0 aromatic heterocycles. The van der Waals surface area contributed by atoms with Crippen LogP contribution in [-0.2, 0) is 20.6 Å². The van der Waals surface area contributed by atoms with Crippen molar-refractivity contribution in [3.8, 4) is 0 Å². The van der Waals surface area contributed by atoms with Crippen molar-refractivity contribution in [1.82, 2.24) is 10.2 Å². The maximum atomic E-state index is 12.3. The standard InChI is InChI=1S/C21H33BN2O4/c1-14(2)26-18-12-24(13-18)19(25)23-11-16-8-9-17(10-15(16)3)22-27-20(4,5)21(6,7)28-22/h8-10,14,18H,11-13H2,1-7H3,(H,23,25). The van der Waals surface area contributed by atoms with Crippen LogP contribution in [0, 0.1) is 6.92 Å². The zero-order valence-corrected chi connectivity index (χ0v) is 18.2. The summed E-state index contributed by atoms with van der Waals surface area (Å²) in [4.78, 5) is 14.1. The Morgan fingerprint density at radius 1 is 1.25 bits per heavy atom. The van der Waals surface area contributed by atoms with E-state index >= 15 is 0 Å². The Labute approximate surface area is 169 Å². The van der Waals surface area contributed by atoms with Crippen molar-refractivity contribution in [2.75, 3.05) is 13.1 Å². The lowest BCUT2D eigenvalue weighted by molar-refractivity contribution is -0.0641. The molecule has 0 atom stereocenters. The number of aryl methyl sites for hydroxylation is 1. The van der Waals surface area contributed by atoms with Crippen LogP contribution < -0.4 is 10.8 Å². The molecule has 0 radical (unpaired) electrons. The first kappa shape index (κ1) is 21.2. The van der Waals surface area contributed by atoms with Gasteiger partial charge < -0.3 is 24.3 Å². The average Bonchev–Trinajstić information content (AvgIpc) is 2.76. The predicted molar refractivity (Wildman–Crippen MR) is 111 cm³/mol. The first-order valence-corrected chi connectivity index (χ1v) is 10.1. The number of rotatable bonds is 5. The van der Waals surface area contributed by atoms with Gasteiger partial charge in [-0.3, -0.25) is 0 Å². The summed E-state index contributed by atoms with van der Waals surface area (Å²) in [6.45, 7) is 16.1. The van der Waals surface area contributed by atoms with Gasteiger partial charge in [-0.15, -0.1) is 0 Å². The zero-order valence-electron chi connectivity index (χ0n) is 18.2. The molecule has 1 N–H and O–H groups in total. The summed E-state index contributed by atoms with van der Waals surface area (Å²) < 4.78 is 17.9. The van der Waals surface area contributed by atoms with E-state index in [0.29, 0.717) is 19.6 Å². The van der Waals surface area contributed by atoms with Crippen molar-refractivity contribution in [2.45, 2.75) is 78.4 Å². The van der Waals surface area contributed by atoms with Crippen LogP contribution in [0.2, 0.25) is 0 Å².